The summed E-state index contributed by atoms with van der Waals surface area (Å²) in [6, 6.07) is 10.1. The second-order valence-electron chi connectivity index (χ2n) is 4.73. The van der Waals surface area contributed by atoms with Crippen LogP contribution in [0.2, 0.25) is 0 Å². The predicted octanol–water partition coefficient (Wildman–Crippen LogP) is 3.14. The molecule has 0 fully saturated rings. The monoisotopic (exact) mass is 264 g/mol. The van der Waals surface area contributed by atoms with Gasteiger partial charge in [-0.1, -0.05) is 31.2 Å². The molecule has 2 heterocycles. The van der Waals surface area contributed by atoms with Crippen LogP contribution < -0.4 is 5.73 Å². The molecule has 20 heavy (non-hydrogen) atoms. The first-order valence-corrected chi connectivity index (χ1v) is 6.67. The van der Waals surface area contributed by atoms with Crippen LogP contribution in [-0.4, -0.2) is 15.0 Å². The molecule has 0 aliphatic carbocycles. The van der Waals surface area contributed by atoms with Crippen LogP contribution >= 0.6 is 0 Å². The van der Waals surface area contributed by atoms with E-state index >= 15 is 0 Å². The summed E-state index contributed by atoms with van der Waals surface area (Å²) in [6.07, 6.45) is 2.61. The van der Waals surface area contributed by atoms with Gasteiger partial charge >= 0.3 is 0 Å². The van der Waals surface area contributed by atoms with Gasteiger partial charge in [-0.3, -0.25) is 4.98 Å². The molecule has 3 aromatic rings. The number of pyridine rings is 1. The molecule has 0 aliphatic rings. The maximum absolute atomic E-state index is 6.04. The molecule has 0 atom stereocenters. The number of hydrogen-bond donors (Lipinski definition) is 1. The number of rotatable bonds is 2. The first-order chi connectivity index (χ1) is 9.70. The SMILES string of the molecule is CCc1c(C)nc(-c2nccc3ccccc23)nc1N. The molecule has 0 saturated heterocycles. The Morgan fingerprint density at radius 1 is 1.10 bits per heavy atom. The fourth-order valence-electron chi connectivity index (χ4n) is 2.46. The number of nitrogen functional groups attached to an aromatic ring is 1. The van der Waals surface area contributed by atoms with Crippen molar-refractivity contribution in [3.05, 3.63) is 47.8 Å². The lowest BCUT2D eigenvalue weighted by atomic mass is 10.1. The minimum atomic E-state index is 0.546. The van der Waals surface area contributed by atoms with Crippen molar-refractivity contribution in [2.75, 3.05) is 5.73 Å². The molecule has 4 heteroatoms. The van der Waals surface area contributed by atoms with E-state index in [0.717, 1.165) is 34.1 Å². The van der Waals surface area contributed by atoms with Gasteiger partial charge in [0, 0.05) is 22.8 Å². The van der Waals surface area contributed by atoms with Gasteiger partial charge in [0.05, 0.1) is 0 Å². The number of aromatic nitrogens is 3. The highest BCUT2D eigenvalue weighted by molar-refractivity contribution is 5.92. The molecule has 0 aliphatic heterocycles. The summed E-state index contributed by atoms with van der Waals surface area (Å²) in [5, 5.41) is 2.16. The van der Waals surface area contributed by atoms with Gasteiger partial charge in [0.2, 0.25) is 0 Å². The van der Waals surface area contributed by atoms with Crippen LogP contribution in [0.5, 0.6) is 0 Å². The Balaban J connectivity index is 2.26. The predicted molar refractivity (Wildman–Crippen MR) is 81.3 cm³/mol. The maximum Gasteiger partial charge on any atom is 0.181 e. The molecule has 0 amide bonds. The van der Waals surface area contributed by atoms with Crippen LogP contribution in [0.15, 0.2) is 36.5 Å². The number of benzene rings is 1. The Morgan fingerprint density at radius 2 is 1.90 bits per heavy atom. The van der Waals surface area contributed by atoms with Gasteiger partial charge in [-0.2, -0.15) is 0 Å². The summed E-state index contributed by atoms with van der Waals surface area (Å²) < 4.78 is 0. The number of nitrogens with zero attached hydrogens (tertiary/aromatic N) is 3. The highest BCUT2D eigenvalue weighted by atomic mass is 15.0. The van der Waals surface area contributed by atoms with Gasteiger partial charge in [-0.25, -0.2) is 9.97 Å². The zero-order valence-electron chi connectivity index (χ0n) is 11.6. The molecule has 0 spiro atoms. The van der Waals surface area contributed by atoms with E-state index in [1.54, 1.807) is 6.20 Å². The average molecular weight is 264 g/mol. The summed E-state index contributed by atoms with van der Waals surface area (Å²) >= 11 is 0. The van der Waals surface area contributed by atoms with Gasteiger partial charge in [-0.15, -0.1) is 0 Å². The first-order valence-electron chi connectivity index (χ1n) is 6.67. The van der Waals surface area contributed by atoms with Crippen LogP contribution in [0.4, 0.5) is 5.82 Å². The van der Waals surface area contributed by atoms with E-state index in [9.17, 15) is 0 Å². The fourth-order valence-corrected chi connectivity index (χ4v) is 2.46. The third-order valence-electron chi connectivity index (χ3n) is 3.48. The number of fused-ring (bicyclic) bond motifs is 1. The number of nitrogens with two attached hydrogens (primary N) is 1. The van der Waals surface area contributed by atoms with Crippen LogP contribution in [-0.2, 0) is 6.42 Å². The summed E-state index contributed by atoms with van der Waals surface area (Å²) in [7, 11) is 0. The lowest BCUT2D eigenvalue weighted by molar-refractivity contribution is 1.01. The molecule has 2 aromatic heterocycles. The van der Waals surface area contributed by atoms with Crippen molar-refractivity contribution in [3.8, 4) is 11.5 Å². The second kappa shape index (κ2) is 4.89. The summed E-state index contributed by atoms with van der Waals surface area (Å²) in [4.78, 5) is 13.4. The van der Waals surface area contributed by atoms with Gasteiger partial charge in [0.15, 0.2) is 5.82 Å². The minimum Gasteiger partial charge on any atom is -0.383 e. The first kappa shape index (κ1) is 12.5. The van der Waals surface area contributed by atoms with E-state index in [1.807, 2.05) is 31.2 Å². The number of anilines is 1. The maximum atomic E-state index is 6.04. The molecule has 0 bridgehead atoms. The van der Waals surface area contributed by atoms with E-state index in [4.69, 9.17) is 5.73 Å². The van der Waals surface area contributed by atoms with Crippen molar-refractivity contribution in [1.29, 1.82) is 0 Å². The van der Waals surface area contributed by atoms with Gasteiger partial charge in [0.1, 0.15) is 11.5 Å². The normalized spacial score (nSPS) is 10.9. The van der Waals surface area contributed by atoms with Crippen molar-refractivity contribution < 1.29 is 0 Å². The average Bonchev–Trinajstić information content (AvgIpc) is 2.46. The Bertz CT molecular complexity index is 752. The van der Waals surface area contributed by atoms with Crippen molar-refractivity contribution >= 4 is 16.6 Å². The third kappa shape index (κ3) is 1.99. The second-order valence-corrected chi connectivity index (χ2v) is 4.73. The van der Waals surface area contributed by atoms with Crippen molar-refractivity contribution in [2.45, 2.75) is 20.3 Å². The van der Waals surface area contributed by atoms with Gasteiger partial charge in [0.25, 0.3) is 0 Å². The van der Waals surface area contributed by atoms with Gasteiger partial charge < -0.3 is 5.73 Å². The Labute approximate surface area is 117 Å². The molecule has 1 aromatic carbocycles. The van der Waals surface area contributed by atoms with Crippen LogP contribution in [0.3, 0.4) is 0 Å². The van der Waals surface area contributed by atoms with Crippen molar-refractivity contribution in [2.24, 2.45) is 0 Å². The zero-order chi connectivity index (χ0) is 14.1. The highest BCUT2D eigenvalue weighted by Crippen LogP contribution is 2.25. The smallest absolute Gasteiger partial charge is 0.181 e. The molecule has 0 saturated carbocycles. The Kier molecular flexibility index (Phi) is 3.06. The van der Waals surface area contributed by atoms with E-state index in [1.165, 1.54) is 0 Å². The number of aryl methyl sites for hydroxylation is 1. The van der Waals surface area contributed by atoms with E-state index in [0.29, 0.717) is 11.6 Å². The lowest BCUT2D eigenvalue weighted by Gasteiger charge is -2.09. The van der Waals surface area contributed by atoms with Crippen LogP contribution in [0.1, 0.15) is 18.2 Å². The van der Waals surface area contributed by atoms with Crippen LogP contribution in [0.25, 0.3) is 22.3 Å². The quantitative estimate of drug-likeness (QED) is 0.772. The van der Waals surface area contributed by atoms with Crippen molar-refractivity contribution in [1.82, 2.24) is 15.0 Å². The summed E-state index contributed by atoms with van der Waals surface area (Å²) in [5.41, 5.74) is 8.74. The molecule has 2 N–H and O–H groups in total. The van der Waals surface area contributed by atoms with E-state index in [-0.39, 0.29) is 0 Å². The molecule has 100 valence electrons. The zero-order valence-corrected chi connectivity index (χ0v) is 11.6. The molecule has 0 radical (unpaired) electrons. The summed E-state index contributed by atoms with van der Waals surface area (Å²) in [6.45, 7) is 4.02. The largest absolute Gasteiger partial charge is 0.383 e. The minimum absolute atomic E-state index is 0.546. The molecule has 4 nitrogen and oxygen atoms in total. The fraction of sp³-hybridized carbons (Fsp3) is 0.188. The highest BCUT2D eigenvalue weighted by Gasteiger charge is 2.12. The third-order valence-corrected chi connectivity index (χ3v) is 3.48. The Morgan fingerprint density at radius 3 is 2.65 bits per heavy atom. The topological polar surface area (TPSA) is 64.7 Å². The van der Waals surface area contributed by atoms with E-state index in [2.05, 4.69) is 27.9 Å². The Hall–Kier alpha value is -2.49. The lowest BCUT2D eigenvalue weighted by Crippen LogP contribution is -2.05. The summed E-state index contributed by atoms with van der Waals surface area (Å²) in [5.74, 6) is 1.14. The molecular weight excluding hydrogens is 248 g/mol. The molecule has 0 unspecified atom stereocenters. The van der Waals surface area contributed by atoms with Gasteiger partial charge in [-0.05, 0) is 24.8 Å². The number of hydrogen-bond acceptors (Lipinski definition) is 4. The molecular formula is C16H16N4. The molecule has 3 rings (SSSR count). The van der Waals surface area contributed by atoms with Crippen LogP contribution in [0, 0.1) is 6.92 Å². The van der Waals surface area contributed by atoms with E-state index < -0.39 is 0 Å². The standard InChI is InChI=1S/C16H16N4/c1-3-12-10(2)19-16(20-15(12)17)14-13-7-5-4-6-11(13)8-9-18-14/h4-9H,3H2,1-2H3,(H2,17,19,20). The van der Waals surface area contributed by atoms with Crippen molar-refractivity contribution in [3.63, 3.8) is 0 Å².